The maximum atomic E-state index is 10.6. The van der Waals surface area contributed by atoms with Gasteiger partial charge in [-0.15, -0.1) is 0 Å². The number of aliphatic hydroxyl groups excluding tert-OH is 3. The first kappa shape index (κ1) is 19.4. The van der Waals surface area contributed by atoms with E-state index in [0.29, 0.717) is 0 Å². The zero-order valence-electron chi connectivity index (χ0n) is 11.1. The van der Waals surface area contributed by atoms with Crippen LogP contribution in [0.5, 0.6) is 0 Å². The topological polar surface area (TPSA) is 209 Å². The fourth-order valence-electron chi connectivity index (χ4n) is 1.63. The normalized spacial score (nSPS) is 34.4. The van der Waals surface area contributed by atoms with Crippen LogP contribution in [0.3, 0.4) is 0 Å². The number of phosphoric acid groups is 1. The number of carboxylic acid groups (broad SMARTS) is 1. The number of ether oxygens (including phenoxy) is 2. The Morgan fingerprint density at radius 3 is 2.32 bits per heavy atom. The van der Waals surface area contributed by atoms with Crippen molar-refractivity contribution in [1.29, 1.82) is 0 Å². The largest absolute Gasteiger partial charge is 0.480 e. The molecule has 13 heteroatoms. The molecule has 0 spiro atoms. The summed E-state index contributed by atoms with van der Waals surface area (Å²) in [5.41, 5.74) is 5.19. The molecule has 1 aliphatic heterocycles. The minimum absolute atomic E-state index is 0.564. The van der Waals surface area contributed by atoms with E-state index in [1.165, 1.54) is 0 Å². The van der Waals surface area contributed by atoms with Gasteiger partial charge in [-0.1, -0.05) is 0 Å². The van der Waals surface area contributed by atoms with Gasteiger partial charge in [0, 0.05) is 0 Å². The molecule has 0 amide bonds. The van der Waals surface area contributed by atoms with Gasteiger partial charge in [0.05, 0.1) is 13.2 Å². The van der Waals surface area contributed by atoms with Gasteiger partial charge in [-0.2, -0.15) is 0 Å². The second kappa shape index (κ2) is 7.75. The molecule has 130 valence electrons. The lowest BCUT2D eigenvalue weighted by Crippen LogP contribution is -2.59. The third-order valence-electron chi connectivity index (χ3n) is 2.83. The molecule has 12 nitrogen and oxygen atoms in total. The first-order chi connectivity index (χ1) is 10.0. The Balaban J connectivity index is 2.65. The van der Waals surface area contributed by atoms with Crippen LogP contribution in [0.1, 0.15) is 0 Å². The highest BCUT2D eigenvalue weighted by molar-refractivity contribution is 7.46. The van der Waals surface area contributed by atoms with Crippen molar-refractivity contribution in [2.45, 2.75) is 36.7 Å². The van der Waals surface area contributed by atoms with E-state index in [-0.39, 0.29) is 0 Å². The summed E-state index contributed by atoms with van der Waals surface area (Å²) in [6.45, 7) is -1.36. The van der Waals surface area contributed by atoms with Crippen LogP contribution in [0.25, 0.3) is 0 Å². The van der Waals surface area contributed by atoms with Crippen LogP contribution in [-0.2, 0) is 23.4 Å². The molecule has 1 rings (SSSR count). The van der Waals surface area contributed by atoms with E-state index in [1.54, 1.807) is 0 Å². The lowest BCUT2D eigenvalue weighted by Gasteiger charge is -2.40. The maximum Gasteiger partial charge on any atom is 0.469 e. The summed E-state index contributed by atoms with van der Waals surface area (Å²) in [6.07, 6.45) is -8.16. The minimum atomic E-state index is -4.83. The molecule has 0 aromatic rings. The summed E-state index contributed by atoms with van der Waals surface area (Å²) < 4.78 is 24.7. The van der Waals surface area contributed by atoms with Crippen molar-refractivity contribution in [1.82, 2.24) is 0 Å². The zero-order valence-corrected chi connectivity index (χ0v) is 12.0. The number of phosphoric ester groups is 1. The summed E-state index contributed by atoms with van der Waals surface area (Å²) in [5.74, 6) is -1.37. The fraction of sp³-hybridized carbons (Fsp3) is 0.889. The highest BCUT2D eigenvalue weighted by Gasteiger charge is 2.45. The molecular weight excluding hydrogens is 329 g/mol. The molecule has 1 saturated heterocycles. The van der Waals surface area contributed by atoms with Gasteiger partial charge < -0.3 is 45.4 Å². The van der Waals surface area contributed by atoms with Crippen molar-refractivity contribution < 1.29 is 53.6 Å². The SMILES string of the molecule is N[C@@H](COC1O[C@H](COP(=O)(O)O)[C@@H](O)[C@H](O)[C@@H]1O)C(=O)O. The van der Waals surface area contributed by atoms with Gasteiger partial charge in [-0.05, 0) is 0 Å². The van der Waals surface area contributed by atoms with Crippen LogP contribution in [0.15, 0.2) is 0 Å². The number of aliphatic hydroxyl groups is 3. The average molecular weight is 347 g/mol. The van der Waals surface area contributed by atoms with Crippen molar-refractivity contribution in [2.24, 2.45) is 5.73 Å². The van der Waals surface area contributed by atoms with Gasteiger partial charge in [0.15, 0.2) is 6.29 Å². The van der Waals surface area contributed by atoms with E-state index in [4.69, 9.17) is 30.1 Å². The highest BCUT2D eigenvalue weighted by Crippen LogP contribution is 2.37. The Morgan fingerprint density at radius 2 is 1.82 bits per heavy atom. The average Bonchev–Trinajstić information content (AvgIpc) is 2.41. The molecule has 0 aromatic carbocycles. The van der Waals surface area contributed by atoms with Crippen molar-refractivity contribution in [3.8, 4) is 0 Å². The van der Waals surface area contributed by atoms with E-state index in [2.05, 4.69) is 4.52 Å². The number of rotatable bonds is 7. The third kappa shape index (κ3) is 5.52. The minimum Gasteiger partial charge on any atom is -0.480 e. The molecule has 0 saturated carbocycles. The maximum absolute atomic E-state index is 10.6. The number of hydrogen-bond acceptors (Lipinski definition) is 9. The molecule has 1 heterocycles. The Hall–Kier alpha value is -0.660. The molecule has 1 fully saturated rings. The Labute approximate surface area is 124 Å². The lowest BCUT2D eigenvalue weighted by molar-refractivity contribution is -0.300. The predicted octanol–water partition coefficient (Wildman–Crippen LogP) is -3.67. The van der Waals surface area contributed by atoms with Gasteiger partial charge in [0.1, 0.15) is 30.5 Å². The van der Waals surface area contributed by atoms with Crippen LogP contribution in [0, 0.1) is 0 Å². The third-order valence-corrected chi connectivity index (χ3v) is 3.32. The molecule has 1 unspecified atom stereocenters. The van der Waals surface area contributed by atoms with Crippen molar-refractivity contribution in [3.63, 3.8) is 0 Å². The lowest BCUT2D eigenvalue weighted by atomic mass is 9.99. The Kier molecular flexibility index (Phi) is 6.83. The summed E-state index contributed by atoms with van der Waals surface area (Å²) >= 11 is 0. The molecule has 6 atom stereocenters. The number of carboxylic acids is 1. The Bertz CT molecular complexity index is 428. The Morgan fingerprint density at radius 1 is 1.23 bits per heavy atom. The number of aliphatic carboxylic acids is 1. The zero-order chi connectivity index (χ0) is 17.1. The second-order valence-electron chi connectivity index (χ2n) is 4.58. The molecule has 1 aliphatic rings. The first-order valence-electron chi connectivity index (χ1n) is 6.02. The molecule has 0 aromatic heterocycles. The van der Waals surface area contributed by atoms with E-state index >= 15 is 0 Å². The van der Waals surface area contributed by atoms with Crippen LogP contribution >= 0.6 is 7.82 Å². The van der Waals surface area contributed by atoms with Crippen molar-refractivity contribution in [3.05, 3.63) is 0 Å². The summed E-state index contributed by atoms with van der Waals surface area (Å²) in [7, 11) is -4.83. The summed E-state index contributed by atoms with van der Waals surface area (Å²) in [5, 5.41) is 37.5. The van der Waals surface area contributed by atoms with Crippen LogP contribution in [-0.4, -0.2) is 86.1 Å². The monoisotopic (exact) mass is 347 g/mol. The van der Waals surface area contributed by atoms with Gasteiger partial charge in [-0.3, -0.25) is 9.32 Å². The quantitative estimate of drug-likeness (QED) is 0.222. The highest BCUT2D eigenvalue weighted by atomic mass is 31.2. The predicted molar refractivity (Wildman–Crippen MR) is 66.2 cm³/mol. The van der Waals surface area contributed by atoms with Crippen LogP contribution < -0.4 is 5.73 Å². The van der Waals surface area contributed by atoms with Crippen LogP contribution in [0.4, 0.5) is 0 Å². The number of hydrogen-bond donors (Lipinski definition) is 7. The first-order valence-corrected chi connectivity index (χ1v) is 7.55. The molecular formula is C9H18NO11P. The molecule has 0 bridgehead atoms. The smallest absolute Gasteiger partial charge is 0.469 e. The van der Waals surface area contributed by atoms with Gasteiger partial charge in [-0.25, -0.2) is 4.57 Å². The standard InChI is InChI=1S/C9H18NO11P/c10-3(8(14)15)1-19-9-7(13)6(12)5(11)4(21-9)2-20-22(16,17)18/h3-7,9,11-13H,1-2,10H2,(H,14,15)(H2,16,17,18)/t3-,4+,5+,6-,7-,9?/m0/s1. The van der Waals surface area contributed by atoms with Crippen LogP contribution in [0.2, 0.25) is 0 Å². The molecule has 22 heavy (non-hydrogen) atoms. The molecule has 0 radical (unpaired) electrons. The van der Waals surface area contributed by atoms with Gasteiger partial charge in [0.25, 0.3) is 0 Å². The van der Waals surface area contributed by atoms with Gasteiger partial charge >= 0.3 is 13.8 Å². The fourth-order valence-corrected chi connectivity index (χ4v) is 1.97. The van der Waals surface area contributed by atoms with Crippen molar-refractivity contribution >= 4 is 13.8 Å². The van der Waals surface area contributed by atoms with Gasteiger partial charge in [0.2, 0.25) is 0 Å². The number of carbonyl (C=O) groups is 1. The second-order valence-corrected chi connectivity index (χ2v) is 5.82. The van der Waals surface area contributed by atoms with E-state index in [0.717, 1.165) is 0 Å². The van der Waals surface area contributed by atoms with E-state index in [9.17, 15) is 24.7 Å². The molecule has 0 aliphatic carbocycles. The van der Waals surface area contributed by atoms with E-state index < -0.39 is 63.8 Å². The van der Waals surface area contributed by atoms with E-state index in [1.807, 2.05) is 0 Å². The molecule has 8 N–H and O–H groups in total. The van der Waals surface area contributed by atoms with Crippen molar-refractivity contribution in [2.75, 3.05) is 13.2 Å². The number of nitrogens with two attached hydrogens (primary N) is 1. The summed E-state index contributed by atoms with van der Waals surface area (Å²) in [6, 6.07) is -1.41. The summed E-state index contributed by atoms with van der Waals surface area (Å²) in [4.78, 5) is 27.7.